The molecule has 31 heavy (non-hydrogen) atoms. The predicted octanol–water partition coefficient (Wildman–Crippen LogP) is 2.41. The molecule has 0 bridgehead atoms. The van der Waals surface area contributed by atoms with E-state index in [4.69, 9.17) is 15.0 Å². The average molecular weight is 416 g/mol. The summed E-state index contributed by atoms with van der Waals surface area (Å²) in [5, 5.41) is 5.37. The fourth-order valence-electron chi connectivity index (χ4n) is 3.96. The molecule has 5 rings (SSSR count). The predicted molar refractivity (Wildman–Crippen MR) is 120 cm³/mol. The normalized spacial score (nSPS) is 14.4. The lowest BCUT2D eigenvalue weighted by Gasteiger charge is -2.36. The number of fused-ring (bicyclic) bond motifs is 1. The van der Waals surface area contributed by atoms with Gasteiger partial charge in [-0.3, -0.25) is 9.67 Å². The summed E-state index contributed by atoms with van der Waals surface area (Å²) >= 11 is 0. The third-order valence-electron chi connectivity index (χ3n) is 5.65. The van der Waals surface area contributed by atoms with Crippen LogP contribution >= 0.6 is 0 Å². The van der Waals surface area contributed by atoms with Crippen molar-refractivity contribution in [1.29, 1.82) is 0 Å². The van der Waals surface area contributed by atoms with E-state index in [0.29, 0.717) is 0 Å². The second-order valence-corrected chi connectivity index (χ2v) is 7.70. The maximum Gasteiger partial charge on any atom is 0.163 e. The molecule has 0 N–H and O–H groups in total. The van der Waals surface area contributed by atoms with Crippen molar-refractivity contribution < 1.29 is 0 Å². The number of pyridine rings is 1. The lowest BCUT2D eigenvalue weighted by Crippen LogP contribution is -2.47. The molecule has 0 atom stereocenters. The molecule has 0 spiro atoms. The van der Waals surface area contributed by atoms with Crippen molar-refractivity contribution in [3.8, 4) is 11.4 Å². The summed E-state index contributed by atoms with van der Waals surface area (Å²) in [6.45, 7) is 7.49. The largest absolute Gasteiger partial charge is 0.353 e. The Morgan fingerprint density at radius 2 is 1.68 bits per heavy atom. The first-order chi connectivity index (χ1) is 15.1. The first-order valence-electron chi connectivity index (χ1n) is 10.6. The van der Waals surface area contributed by atoms with E-state index in [2.05, 4.69) is 37.9 Å². The van der Waals surface area contributed by atoms with Gasteiger partial charge in [0.1, 0.15) is 17.5 Å². The molecule has 1 aliphatic heterocycles. The number of hydrogen-bond donors (Lipinski definition) is 0. The van der Waals surface area contributed by atoms with Crippen molar-refractivity contribution in [3.05, 3.63) is 48.3 Å². The van der Waals surface area contributed by atoms with Crippen LogP contribution < -0.4 is 9.80 Å². The molecule has 0 radical (unpaired) electrons. The first-order valence-corrected chi connectivity index (χ1v) is 10.6. The lowest BCUT2D eigenvalue weighted by atomic mass is 10.2. The van der Waals surface area contributed by atoms with Gasteiger partial charge in [-0.25, -0.2) is 19.9 Å². The number of piperazine rings is 1. The molecule has 4 aromatic rings. The van der Waals surface area contributed by atoms with E-state index in [1.165, 1.54) is 0 Å². The summed E-state index contributed by atoms with van der Waals surface area (Å²) in [6, 6.07) is 6.01. The molecule has 9 nitrogen and oxygen atoms in total. The fraction of sp³-hybridized carbons (Fsp3) is 0.364. The van der Waals surface area contributed by atoms with Crippen LogP contribution in [0.2, 0.25) is 0 Å². The number of aryl methyl sites for hydroxylation is 3. The van der Waals surface area contributed by atoms with Gasteiger partial charge in [0.05, 0.1) is 11.6 Å². The minimum atomic E-state index is 0.752. The molecule has 1 fully saturated rings. The molecule has 0 aliphatic carbocycles. The van der Waals surface area contributed by atoms with E-state index < -0.39 is 0 Å². The van der Waals surface area contributed by atoms with Gasteiger partial charge >= 0.3 is 0 Å². The fourth-order valence-corrected chi connectivity index (χ4v) is 3.96. The van der Waals surface area contributed by atoms with Gasteiger partial charge in [0.15, 0.2) is 11.5 Å². The molecule has 158 valence electrons. The molecular weight excluding hydrogens is 390 g/mol. The summed E-state index contributed by atoms with van der Waals surface area (Å²) in [6.07, 6.45) is 6.28. The second-order valence-electron chi connectivity index (χ2n) is 7.70. The highest BCUT2D eigenvalue weighted by Crippen LogP contribution is 2.26. The Morgan fingerprint density at radius 3 is 2.42 bits per heavy atom. The van der Waals surface area contributed by atoms with E-state index in [9.17, 15) is 0 Å². The Balaban J connectivity index is 1.40. The molecule has 1 aliphatic rings. The Morgan fingerprint density at radius 1 is 0.935 bits per heavy atom. The third-order valence-corrected chi connectivity index (χ3v) is 5.65. The molecule has 5 heterocycles. The Labute approximate surface area is 180 Å². The zero-order valence-corrected chi connectivity index (χ0v) is 18.0. The number of nitrogens with zero attached hydrogens (tertiary/aromatic N) is 9. The van der Waals surface area contributed by atoms with Crippen LogP contribution in [0.3, 0.4) is 0 Å². The number of aromatic nitrogens is 7. The maximum absolute atomic E-state index is 4.87. The standard InChI is InChI=1S/C22H25N9/c1-4-17-13-19(28-20(27-17)16-5-7-23-8-6-16)30-9-11-31(12-10-30)22-18-14-24-29(3)21(18)25-15(2)26-22/h5-8,13-14H,4,9-12H2,1-3H3. The van der Waals surface area contributed by atoms with Crippen LogP contribution in [0.25, 0.3) is 22.4 Å². The van der Waals surface area contributed by atoms with E-state index in [-0.39, 0.29) is 0 Å². The van der Waals surface area contributed by atoms with Gasteiger partial charge in [-0.2, -0.15) is 5.10 Å². The van der Waals surface area contributed by atoms with Crippen molar-refractivity contribution in [2.45, 2.75) is 20.3 Å². The number of rotatable bonds is 4. The van der Waals surface area contributed by atoms with E-state index in [0.717, 1.165) is 78.2 Å². The van der Waals surface area contributed by atoms with Gasteiger partial charge in [-0.05, 0) is 25.5 Å². The van der Waals surface area contributed by atoms with Crippen LogP contribution in [0.15, 0.2) is 36.8 Å². The van der Waals surface area contributed by atoms with Gasteiger partial charge in [-0.15, -0.1) is 0 Å². The number of hydrogen-bond acceptors (Lipinski definition) is 8. The van der Waals surface area contributed by atoms with Gasteiger partial charge < -0.3 is 9.80 Å². The average Bonchev–Trinajstić information content (AvgIpc) is 3.19. The molecule has 0 unspecified atom stereocenters. The number of anilines is 2. The summed E-state index contributed by atoms with van der Waals surface area (Å²) in [5.74, 6) is 3.45. The molecule has 0 amide bonds. The van der Waals surface area contributed by atoms with Crippen LogP contribution in [0.1, 0.15) is 18.4 Å². The summed E-state index contributed by atoms with van der Waals surface area (Å²) in [7, 11) is 1.91. The minimum absolute atomic E-state index is 0.752. The van der Waals surface area contributed by atoms with Gasteiger partial charge in [0.2, 0.25) is 0 Å². The monoisotopic (exact) mass is 415 g/mol. The highest BCUT2D eigenvalue weighted by molar-refractivity contribution is 5.87. The Kier molecular flexibility index (Phi) is 4.93. The minimum Gasteiger partial charge on any atom is -0.353 e. The van der Waals surface area contributed by atoms with Gasteiger partial charge in [-0.1, -0.05) is 6.92 Å². The van der Waals surface area contributed by atoms with Crippen LogP contribution in [0.4, 0.5) is 11.6 Å². The van der Waals surface area contributed by atoms with Crippen molar-refractivity contribution in [3.63, 3.8) is 0 Å². The Hall–Kier alpha value is -3.62. The van der Waals surface area contributed by atoms with Crippen LogP contribution in [0.5, 0.6) is 0 Å². The molecule has 0 saturated carbocycles. The van der Waals surface area contributed by atoms with Crippen molar-refractivity contribution in [1.82, 2.24) is 34.7 Å². The van der Waals surface area contributed by atoms with Gasteiger partial charge in [0, 0.05) is 62.9 Å². The zero-order chi connectivity index (χ0) is 21.4. The summed E-state index contributed by atoms with van der Waals surface area (Å²) < 4.78 is 1.80. The second kappa shape index (κ2) is 7.90. The smallest absolute Gasteiger partial charge is 0.163 e. The lowest BCUT2D eigenvalue weighted by molar-refractivity contribution is 0.641. The molecular formula is C22H25N9. The van der Waals surface area contributed by atoms with Crippen molar-refractivity contribution in [2.24, 2.45) is 7.05 Å². The summed E-state index contributed by atoms with van der Waals surface area (Å²) in [4.78, 5) is 27.6. The van der Waals surface area contributed by atoms with Crippen LogP contribution in [0, 0.1) is 6.92 Å². The molecule has 9 heteroatoms. The third kappa shape index (κ3) is 3.67. The maximum atomic E-state index is 4.87. The molecule has 1 saturated heterocycles. The Bertz CT molecular complexity index is 1210. The SMILES string of the molecule is CCc1cc(N2CCN(c3nc(C)nc4c3cnn4C)CC2)nc(-c2ccncc2)n1. The van der Waals surface area contributed by atoms with Crippen LogP contribution in [-0.2, 0) is 13.5 Å². The zero-order valence-electron chi connectivity index (χ0n) is 18.0. The van der Waals surface area contributed by atoms with E-state index >= 15 is 0 Å². The first kappa shape index (κ1) is 19.3. The van der Waals surface area contributed by atoms with E-state index in [1.54, 1.807) is 17.1 Å². The highest BCUT2D eigenvalue weighted by Gasteiger charge is 2.23. The summed E-state index contributed by atoms with van der Waals surface area (Å²) in [5.41, 5.74) is 2.90. The topological polar surface area (TPSA) is 88.8 Å². The van der Waals surface area contributed by atoms with Crippen molar-refractivity contribution >= 4 is 22.7 Å². The van der Waals surface area contributed by atoms with Crippen molar-refractivity contribution in [2.75, 3.05) is 36.0 Å². The quantitative estimate of drug-likeness (QED) is 0.502. The molecule has 4 aromatic heterocycles. The molecule has 0 aromatic carbocycles. The van der Waals surface area contributed by atoms with E-state index in [1.807, 2.05) is 32.3 Å². The van der Waals surface area contributed by atoms with Gasteiger partial charge in [0.25, 0.3) is 0 Å². The highest BCUT2D eigenvalue weighted by atomic mass is 15.3. The van der Waals surface area contributed by atoms with Crippen LogP contribution in [-0.4, -0.2) is 60.9 Å².